The van der Waals surface area contributed by atoms with Crippen LogP contribution in [0, 0.1) is 5.82 Å². The van der Waals surface area contributed by atoms with E-state index >= 15 is 0 Å². The quantitative estimate of drug-likeness (QED) is 0.649. The first-order valence-electron chi connectivity index (χ1n) is 8.58. The summed E-state index contributed by atoms with van der Waals surface area (Å²) < 4.78 is 13.4. The van der Waals surface area contributed by atoms with E-state index in [1.165, 1.54) is 17.2 Å². The van der Waals surface area contributed by atoms with Crippen LogP contribution in [0.3, 0.4) is 0 Å². The molecule has 130 valence electrons. The Morgan fingerprint density at radius 3 is 2.19 bits per heavy atom. The van der Waals surface area contributed by atoms with Crippen LogP contribution in [0.4, 0.5) is 4.39 Å². The second kappa shape index (κ2) is 7.30. The van der Waals surface area contributed by atoms with Gasteiger partial charge in [0.2, 0.25) is 0 Å². The smallest absolute Gasteiger partial charge is 0.141 e. The lowest BCUT2D eigenvalue weighted by atomic mass is 9.95. The van der Waals surface area contributed by atoms with Crippen molar-refractivity contribution in [1.29, 1.82) is 0 Å². The Bertz CT molecular complexity index is 925. The highest BCUT2D eigenvalue weighted by atomic mass is 35.5. The summed E-state index contributed by atoms with van der Waals surface area (Å²) in [5.74, 6) is 0.483. The van der Waals surface area contributed by atoms with Gasteiger partial charge < -0.3 is 5.32 Å². The van der Waals surface area contributed by atoms with Crippen molar-refractivity contribution in [3.05, 3.63) is 106 Å². The van der Waals surface area contributed by atoms with Crippen molar-refractivity contribution in [3.63, 3.8) is 0 Å². The third-order valence-corrected chi connectivity index (χ3v) is 4.88. The molecule has 0 bridgehead atoms. The Kier molecular flexibility index (Phi) is 4.72. The van der Waals surface area contributed by atoms with Crippen LogP contribution >= 0.6 is 11.6 Å². The van der Waals surface area contributed by atoms with Crippen molar-refractivity contribution in [2.45, 2.75) is 18.5 Å². The molecule has 0 unspecified atom stereocenters. The van der Waals surface area contributed by atoms with Gasteiger partial charge in [-0.3, -0.25) is 4.99 Å². The van der Waals surface area contributed by atoms with Gasteiger partial charge in [0, 0.05) is 6.42 Å². The maximum absolute atomic E-state index is 13.4. The number of hydrogen-bond acceptors (Lipinski definition) is 2. The fourth-order valence-corrected chi connectivity index (χ4v) is 3.52. The number of nitrogens with one attached hydrogen (secondary N) is 1. The molecule has 0 amide bonds. The van der Waals surface area contributed by atoms with Crippen LogP contribution in [0.25, 0.3) is 0 Å². The van der Waals surface area contributed by atoms with Gasteiger partial charge in [-0.2, -0.15) is 0 Å². The molecule has 0 saturated heterocycles. The van der Waals surface area contributed by atoms with Gasteiger partial charge in [-0.1, -0.05) is 78.3 Å². The van der Waals surface area contributed by atoms with Crippen molar-refractivity contribution in [1.82, 2.24) is 5.32 Å². The van der Waals surface area contributed by atoms with Crippen molar-refractivity contribution in [2.24, 2.45) is 4.99 Å². The molecule has 0 aromatic heterocycles. The van der Waals surface area contributed by atoms with Crippen molar-refractivity contribution in [2.75, 3.05) is 0 Å². The first-order chi connectivity index (χ1) is 12.7. The summed E-state index contributed by atoms with van der Waals surface area (Å²) in [6.07, 6.45) is 0.590. The van der Waals surface area contributed by atoms with E-state index in [1.54, 1.807) is 12.1 Å². The second-order valence-corrected chi connectivity index (χ2v) is 6.80. The first-order valence-corrected chi connectivity index (χ1v) is 8.95. The molecule has 1 aliphatic rings. The summed E-state index contributed by atoms with van der Waals surface area (Å²) in [5, 5.41) is 3.69. The molecule has 3 aromatic rings. The van der Waals surface area contributed by atoms with Crippen LogP contribution in [0.15, 0.2) is 83.9 Å². The zero-order valence-electron chi connectivity index (χ0n) is 14.1. The normalized spacial score (nSPS) is 19.1. The molecular weight excluding hydrogens is 347 g/mol. The SMILES string of the molecule is Fc1ccc(CC2=N[C@@H](c3ccccc3)[C@@H](c3ccccc3)N2)cc1Cl. The summed E-state index contributed by atoms with van der Waals surface area (Å²) in [6.45, 7) is 0. The van der Waals surface area contributed by atoms with Crippen LogP contribution in [-0.2, 0) is 6.42 Å². The molecule has 1 aliphatic heterocycles. The summed E-state index contributed by atoms with van der Waals surface area (Å²) in [5.41, 5.74) is 3.29. The first kappa shape index (κ1) is 16.8. The van der Waals surface area contributed by atoms with Gasteiger partial charge in [0.05, 0.1) is 11.1 Å². The van der Waals surface area contributed by atoms with Gasteiger partial charge in [0.25, 0.3) is 0 Å². The molecule has 0 fully saturated rings. The number of halogens is 2. The number of aliphatic imine (C=N–C) groups is 1. The van der Waals surface area contributed by atoms with Gasteiger partial charge in [-0.15, -0.1) is 0 Å². The topological polar surface area (TPSA) is 24.4 Å². The Morgan fingerprint density at radius 1 is 0.885 bits per heavy atom. The number of hydrogen-bond donors (Lipinski definition) is 1. The average Bonchev–Trinajstić information content (AvgIpc) is 3.10. The fraction of sp³-hybridized carbons (Fsp3) is 0.136. The minimum absolute atomic E-state index is 0.00419. The minimum Gasteiger partial charge on any atom is -0.364 e. The molecule has 4 rings (SSSR count). The molecule has 1 heterocycles. The molecule has 2 atom stereocenters. The van der Waals surface area contributed by atoms with Crippen molar-refractivity contribution in [3.8, 4) is 0 Å². The summed E-state index contributed by atoms with van der Waals surface area (Å²) in [4.78, 5) is 4.93. The van der Waals surface area contributed by atoms with E-state index in [9.17, 15) is 4.39 Å². The lowest BCUT2D eigenvalue weighted by molar-refractivity contribution is 0.572. The molecule has 0 spiro atoms. The summed E-state index contributed by atoms with van der Waals surface area (Å²) >= 11 is 5.91. The maximum atomic E-state index is 13.4. The van der Waals surface area contributed by atoms with Crippen LogP contribution < -0.4 is 5.32 Å². The second-order valence-electron chi connectivity index (χ2n) is 6.39. The van der Waals surface area contributed by atoms with Gasteiger partial charge in [-0.25, -0.2) is 4.39 Å². The largest absolute Gasteiger partial charge is 0.364 e. The molecule has 0 radical (unpaired) electrons. The summed E-state index contributed by atoms with van der Waals surface area (Å²) in [7, 11) is 0. The van der Waals surface area contributed by atoms with Crippen molar-refractivity contribution >= 4 is 17.4 Å². The van der Waals surface area contributed by atoms with E-state index in [4.69, 9.17) is 16.6 Å². The highest BCUT2D eigenvalue weighted by molar-refractivity contribution is 6.30. The standard InChI is InChI=1S/C22H18ClFN2/c23-18-13-15(11-12-19(18)24)14-20-25-21(16-7-3-1-4-8-16)22(26-20)17-9-5-2-6-10-17/h1-13,21-22H,14H2,(H,25,26)/t21-,22+. The predicted molar refractivity (Wildman–Crippen MR) is 104 cm³/mol. The maximum Gasteiger partial charge on any atom is 0.141 e. The minimum atomic E-state index is -0.402. The Balaban J connectivity index is 1.64. The van der Waals surface area contributed by atoms with Crippen LogP contribution in [-0.4, -0.2) is 5.84 Å². The van der Waals surface area contributed by atoms with Gasteiger partial charge >= 0.3 is 0 Å². The van der Waals surface area contributed by atoms with Crippen LogP contribution in [0.2, 0.25) is 5.02 Å². The molecule has 3 aromatic carbocycles. The monoisotopic (exact) mass is 364 g/mol. The van der Waals surface area contributed by atoms with E-state index in [2.05, 4.69) is 29.6 Å². The fourth-order valence-electron chi connectivity index (χ4n) is 3.32. The zero-order valence-corrected chi connectivity index (χ0v) is 14.8. The van der Waals surface area contributed by atoms with E-state index in [0.29, 0.717) is 6.42 Å². The lowest BCUT2D eigenvalue weighted by Crippen LogP contribution is -2.25. The number of amidine groups is 1. The molecular formula is C22H18ClFN2. The van der Waals surface area contributed by atoms with E-state index in [-0.39, 0.29) is 17.1 Å². The number of benzene rings is 3. The van der Waals surface area contributed by atoms with Crippen LogP contribution in [0.1, 0.15) is 28.8 Å². The molecule has 4 heteroatoms. The number of nitrogens with zero attached hydrogens (tertiary/aromatic N) is 1. The third-order valence-electron chi connectivity index (χ3n) is 4.59. The molecule has 0 aliphatic carbocycles. The third kappa shape index (κ3) is 3.49. The molecule has 26 heavy (non-hydrogen) atoms. The average molecular weight is 365 g/mol. The number of rotatable bonds is 4. The Morgan fingerprint density at radius 2 is 1.54 bits per heavy atom. The zero-order chi connectivity index (χ0) is 17.9. The van der Waals surface area contributed by atoms with Gasteiger partial charge in [0.1, 0.15) is 17.7 Å². The van der Waals surface area contributed by atoms with Crippen molar-refractivity contribution < 1.29 is 4.39 Å². The summed E-state index contributed by atoms with van der Waals surface area (Å²) in [6, 6.07) is 25.5. The lowest BCUT2D eigenvalue weighted by Gasteiger charge is -2.19. The molecule has 1 N–H and O–H groups in total. The highest BCUT2D eigenvalue weighted by Crippen LogP contribution is 2.36. The molecule has 0 saturated carbocycles. The highest BCUT2D eigenvalue weighted by Gasteiger charge is 2.30. The van der Waals surface area contributed by atoms with E-state index in [1.807, 2.05) is 36.4 Å². The Hall–Kier alpha value is -2.65. The van der Waals surface area contributed by atoms with Gasteiger partial charge in [0.15, 0.2) is 0 Å². The van der Waals surface area contributed by atoms with E-state index in [0.717, 1.165) is 11.4 Å². The van der Waals surface area contributed by atoms with E-state index < -0.39 is 5.82 Å². The van der Waals surface area contributed by atoms with Gasteiger partial charge in [-0.05, 0) is 28.8 Å². The predicted octanol–water partition coefficient (Wildman–Crippen LogP) is 5.51. The Labute approximate surface area is 157 Å². The van der Waals surface area contributed by atoms with Crippen LogP contribution in [0.5, 0.6) is 0 Å². The molecule has 2 nitrogen and oxygen atoms in total.